The zero-order valence-corrected chi connectivity index (χ0v) is 9.51. The largest absolute Gasteiger partial charge is 0.256 e. The number of aliphatic imine (C=N–C) groups is 1. The summed E-state index contributed by atoms with van der Waals surface area (Å²) < 4.78 is 0. The molecule has 1 aliphatic heterocycles. The third-order valence-electron chi connectivity index (χ3n) is 2.96. The third kappa shape index (κ3) is 2.04. The van der Waals surface area contributed by atoms with Crippen molar-refractivity contribution in [2.45, 2.75) is 6.42 Å². The van der Waals surface area contributed by atoms with E-state index in [4.69, 9.17) is 0 Å². The van der Waals surface area contributed by atoms with Gasteiger partial charge in [0, 0.05) is 11.8 Å². The van der Waals surface area contributed by atoms with E-state index >= 15 is 0 Å². The van der Waals surface area contributed by atoms with Crippen LogP contribution in [0, 0.1) is 0 Å². The quantitative estimate of drug-likeness (QED) is 0.723. The standard InChI is InChI=1S/C16H13N/c1-2-6-13(7-3-1)10-11-14-12-17-16-9-5-4-8-15(14)16/h1-9,11-12H,10H2/b14-11+. The summed E-state index contributed by atoms with van der Waals surface area (Å²) >= 11 is 0. The first-order valence-electron chi connectivity index (χ1n) is 5.81. The first-order valence-corrected chi connectivity index (χ1v) is 5.81. The van der Waals surface area contributed by atoms with Crippen LogP contribution < -0.4 is 0 Å². The third-order valence-corrected chi connectivity index (χ3v) is 2.96. The molecule has 17 heavy (non-hydrogen) atoms. The maximum absolute atomic E-state index is 4.40. The van der Waals surface area contributed by atoms with Crippen molar-refractivity contribution in [2.75, 3.05) is 0 Å². The van der Waals surface area contributed by atoms with Gasteiger partial charge >= 0.3 is 0 Å². The number of nitrogens with zero attached hydrogens (tertiary/aromatic N) is 1. The fourth-order valence-electron chi connectivity index (χ4n) is 2.04. The number of para-hydroxylation sites is 1. The fourth-order valence-corrected chi connectivity index (χ4v) is 2.04. The molecule has 3 rings (SSSR count). The lowest BCUT2D eigenvalue weighted by molar-refractivity contribution is 1.28. The molecule has 0 atom stereocenters. The molecule has 1 heteroatoms. The summed E-state index contributed by atoms with van der Waals surface area (Å²) in [5.41, 5.74) is 4.87. The summed E-state index contributed by atoms with van der Waals surface area (Å²) in [4.78, 5) is 4.40. The minimum atomic E-state index is 0.955. The van der Waals surface area contributed by atoms with Crippen molar-refractivity contribution in [2.24, 2.45) is 4.99 Å². The zero-order chi connectivity index (χ0) is 11.5. The van der Waals surface area contributed by atoms with Crippen molar-refractivity contribution in [3.05, 3.63) is 71.8 Å². The molecular weight excluding hydrogens is 206 g/mol. The van der Waals surface area contributed by atoms with Crippen LogP contribution in [0.5, 0.6) is 0 Å². The Labute approximate surface area is 101 Å². The molecule has 0 aliphatic carbocycles. The van der Waals surface area contributed by atoms with E-state index in [2.05, 4.69) is 53.5 Å². The molecule has 0 aromatic heterocycles. The first-order chi connectivity index (χ1) is 8.43. The molecule has 1 heterocycles. The lowest BCUT2D eigenvalue weighted by atomic mass is 10.0. The summed E-state index contributed by atoms with van der Waals surface area (Å²) in [7, 11) is 0. The van der Waals surface area contributed by atoms with Crippen LogP contribution in [-0.2, 0) is 6.42 Å². The minimum absolute atomic E-state index is 0.955. The van der Waals surface area contributed by atoms with E-state index in [1.807, 2.05) is 18.3 Å². The van der Waals surface area contributed by atoms with Crippen LogP contribution in [0.4, 0.5) is 5.69 Å². The van der Waals surface area contributed by atoms with Gasteiger partial charge in [0.2, 0.25) is 0 Å². The smallest absolute Gasteiger partial charge is 0.0708 e. The molecule has 0 radical (unpaired) electrons. The summed E-state index contributed by atoms with van der Waals surface area (Å²) in [6.45, 7) is 0. The highest BCUT2D eigenvalue weighted by Crippen LogP contribution is 2.30. The Hall–Kier alpha value is -2.15. The van der Waals surface area contributed by atoms with Gasteiger partial charge in [0.1, 0.15) is 0 Å². The van der Waals surface area contributed by atoms with Gasteiger partial charge in [-0.25, -0.2) is 0 Å². The average Bonchev–Trinajstić information content (AvgIpc) is 2.81. The minimum Gasteiger partial charge on any atom is -0.256 e. The van der Waals surface area contributed by atoms with Crippen molar-refractivity contribution in [3.8, 4) is 0 Å². The van der Waals surface area contributed by atoms with Crippen molar-refractivity contribution < 1.29 is 0 Å². The molecule has 1 nitrogen and oxygen atoms in total. The van der Waals surface area contributed by atoms with Crippen molar-refractivity contribution in [1.29, 1.82) is 0 Å². The van der Waals surface area contributed by atoms with Crippen molar-refractivity contribution in [1.82, 2.24) is 0 Å². The lowest BCUT2D eigenvalue weighted by Gasteiger charge is -1.99. The summed E-state index contributed by atoms with van der Waals surface area (Å²) in [6.07, 6.45) is 5.15. The Morgan fingerprint density at radius 2 is 1.65 bits per heavy atom. The van der Waals surface area contributed by atoms with E-state index in [0.29, 0.717) is 0 Å². The van der Waals surface area contributed by atoms with Crippen LogP contribution in [0.2, 0.25) is 0 Å². The van der Waals surface area contributed by atoms with E-state index in [1.165, 1.54) is 16.7 Å². The highest BCUT2D eigenvalue weighted by atomic mass is 14.7. The molecule has 0 fully saturated rings. The number of hydrogen-bond acceptors (Lipinski definition) is 1. The van der Waals surface area contributed by atoms with Gasteiger partial charge < -0.3 is 0 Å². The van der Waals surface area contributed by atoms with Crippen LogP contribution in [0.1, 0.15) is 11.1 Å². The van der Waals surface area contributed by atoms with Gasteiger partial charge in [0.05, 0.1) is 5.69 Å². The topological polar surface area (TPSA) is 12.4 Å². The lowest BCUT2D eigenvalue weighted by Crippen LogP contribution is -1.84. The number of fused-ring (bicyclic) bond motifs is 1. The van der Waals surface area contributed by atoms with E-state index in [1.54, 1.807) is 0 Å². The Bertz CT molecular complexity index is 579. The van der Waals surface area contributed by atoms with Crippen LogP contribution in [-0.4, -0.2) is 6.21 Å². The average molecular weight is 219 g/mol. The number of benzene rings is 2. The van der Waals surface area contributed by atoms with Crippen molar-refractivity contribution >= 4 is 17.5 Å². The predicted octanol–water partition coefficient (Wildman–Crippen LogP) is 4.03. The number of hydrogen-bond donors (Lipinski definition) is 0. The van der Waals surface area contributed by atoms with E-state index in [-0.39, 0.29) is 0 Å². The Morgan fingerprint density at radius 3 is 2.53 bits per heavy atom. The fraction of sp³-hybridized carbons (Fsp3) is 0.0625. The van der Waals surface area contributed by atoms with Gasteiger partial charge in [-0.1, -0.05) is 54.6 Å². The van der Waals surface area contributed by atoms with Gasteiger partial charge in [0.25, 0.3) is 0 Å². The summed E-state index contributed by atoms with van der Waals surface area (Å²) in [6, 6.07) is 18.7. The molecule has 0 saturated heterocycles. The SMILES string of the molecule is C1=Nc2ccccc2/C1=C/Cc1ccccc1. The molecule has 0 N–H and O–H groups in total. The molecule has 0 unspecified atom stereocenters. The second kappa shape index (κ2) is 4.38. The molecule has 0 spiro atoms. The molecule has 0 bridgehead atoms. The molecule has 2 aromatic carbocycles. The molecular formula is C16H13N. The van der Waals surface area contributed by atoms with Crippen LogP contribution in [0.3, 0.4) is 0 Å². The van der Waals surface area contributed by atoms with Crippen LogP contribution in [0.15, 0.2) is 65.7 Å². The molecule has 0 amide bonds. The normalized spacial score (nSPS) is 15.2. The number of allylic oxidation sites excluding steroid dienone is 2. The van der Waals surface area contributed by atoms with Gasteiger partial charge in [-0.15, -0.1) is 0 Å². The Morgan fingerprint density at radius 1 is 0.882 bits per heavy atom. The Kier molecular flexibility index (Phi) is 2.59. The van der Waals surface area contributed by atoms with E-state index in [0.717, 1.165) is 12.1 Å². The van der Waals surface area contributed by atoms with Crippen LogP contribution >= 0.6 is 0 Å². The molecule has 0 saturated carbocycles. The zero-order valence-electron chi connectivity index (χ0n) is 9.51. The van der Waals surface area contributed by atoms with Crippen LogP contribution in [0.25, 0.3) is 5.57 Å². The van der Waals surface area contributed by atoms with E-state index < -0.39 is 0 Å². The number of rotatable bonds is 2. The van der Waals surface area contributed by atoms with Gasteiger partial charge in [-0.2, -0.15) is 0 Å². The highest BCUT2D eigenvalue weighted by Gasteiger charge is 2.09. The molecule has 2 aromatic rings. The van der Waals surface area contributed by atoms with E-state index in [9.17, 15) is 0 Å². The first kappa shape index (κ1) is 10.0. The second-order valence-electron chi connectivity index (χ2n) is 4.12. The Balaban J connectivity index is 1.86. The molecule has 1 aliphatic rings. The predicted molar refractivity (Wildman–Crippen MR) is 72.7 cm³/mol. The van der Waals surface area contributed by atoms with Crippen molar-refractivity contribution in [3.63, 3.8) is 0 Å². The van der Waals surface area contributed by atoms with Gasteiger partial charge in [-0.3, -0.25) is 4.99 Å². The maximum atomic E-state index is 4.40. The van der Waals surface area contributed by atoms with Gasteiger partial charge in [0.15, 0.2) is 0 Å². The summed E-state index contributed by atoms with van der Waals surface area (Å²) in [5.74, 6) is 0. The van der Waals surface area contributed by atoms with Gasteiger partial charge in [-0.05, 0) is 23.6 Å². The highest BCUT2D eigenvalue weighted by molar-refractivity contribution is 6.16. The summed E-state index contributed by atoms with van der Waals surface area (Å²) in [5, 5.41) is 0. The second-order valence-corrected chi connectivity index (χ2v) is 4.12. The maximum Gasteiger partial charge on any atom is 0.0708 e. The monoisotopic (exact) mass is 219 g/mol. The molecule has 82 valence electrons.